The average Bonchev–Trinajstić information content (AvgIpc) is 2.48. The minimum Gasteiger partial charge on any atom is -0.450 e. The van der Waals surface area contributed by atoms with Gasteiger partial charge in [-0.3, -0.25) is 0 Å². The SMILES string of the molecule is CCOC(=O)N1CCC(O)CC1c1ccc(F)cc1CCO. The number of rotatable bonds is 4. The molecule has 6 heteroatoms. The molecule has 1 heterocycles. The third kappa shape index (κ3) is 3.75. The van der Waals surface area contributed by atoms with Crippen LogP contribution in [0, 0.1) is 5.82 Å². The summed E-state index contributed by atoms with van der Waals surface area (Å²) in [6.07, 6.45) is 0.229. The number of aliphatic hydroxyl groups excluding tert-OH is 2. The summed E-state index contributed by atoms with van der Waals surface area (Å²) in [6, 6.07) is 3.95. The van der Waals surface area contributed by atoms with Crippen molar-refractivity contribution in [3.63, 3.8) is 0 Å². The Kier molecular flexibility index (Phi) is 5.74. The smallest absolute Gasteiger partial charge is 0.410 e. The molecule has 0 aromatic heterocycles. The van der Waals surface area contributed by atoms with E-state index in [1.54, 1.807) is 17.9 Å². The van der Waals surface area contributed by atoms with Crippen LogP contribution < -0.4 is 0 Å². The molecule has 2 unspecified atom stereocenters. The summed E-state index contributed by atoms with van der Waals surface area (Å²) < 4.78 is 18.5. The molecule has 1 aromatic rings. The highest BCUT2D eigenvalue weighted by molar-refractivity contribution is 5.68. The van der Waals surface area contributed by atoms with Gasteiger partial charge in [0, 0.05) is 13.2 Å². The molecule has 1 aromatic carbocycles. The van der Waals surface area contributed by atoms with Crippen molar-refractivity contribution in [1.29, 1.82) is 0 Å². The number of aliphatic hydroxyl groups is 2. The van der Waals surface area contributed by atoms with Crippen LogP contribution in [0.1, 0.15) is 36.9 Å². The third-order valence-electron chi connectivity index (χ3n) is 3.92. The van der Waals surface area contributed by atoms with Gasteiger partial charge >= 0.3 is 6.09 Å². The lowest BCUT2D eigenvalue weighted by atomic mass is 9.89. The van der Waals surface area contributed by atoms with Crippen LogP contribution in [0.5, 0.6) is 0 Å². The first-order chi connectivity index (χ1) is 10.6. The molecule has 1 saturated heterocycles. The van der Waals surface area contributed by atoms with Gasteiger partial charge in [0.2, 0.25) is 0 Å². The van der Waals surface area contributed by atoms with Crippen LogP contribution in [0.25, 0.3) is 0 Å². The van der Waals surface area contributed by atoms with Crippen LogP contribution in [0.3, 0.4) is 0 Å². The van der Waals surface area contributed by atoms with E-state index in [2.05, 4.69) is 0 Å². The fraction of sp³-hybridized carbons (Fsp3) is 0.562. The number of nitrogens with zero attached hydrogens (tertiary/aromatic N) is 1. The van der Waals surface area contributed by atoms with Crippen LogP contribution in [-0.2, 0) is 11.2 Å². The number of amides is 1. The summed E-state index contributed by atoms with van der Waals surface area (Å²) in [5, 5.41) is 19.1. The summed E-state index contributed by atoms with van der Waals surface area (Å²) >= 11 is 0. The van der Waals surface area contributed by atoms with Crippen molar-refractivity contribution >= 4 is 6.09 Å². The first-order valence-corrected chi connectivity index (χ1v) is 7.57. The Morgan fingerprint density at radius 3 is 2.95 bits per heavy atom. The van der Waals surface area contributed by atoms with E-state index in [0.29, 0.717) is 31.4 Å². The van der Waals surface area contributed by atoms with E-state index < -0.39 is 12.2 Å². The fourth-order valence-electron chi connectivity index (χ4n) is 2.90. The Balaban J connectivity index is 2.34. The molecule has 0 saturated carbocycles. The molecule has 22 heavy (non-hydrogen) atoms. The molecule has 1 amide bonds. The number of carbonyl (C=O) groups is 1. The highest BCUT2D eigenvalue weighted by Gasteiger charge is 2.33. The highest BCUT2D eigenvalue weighted by Crippen LogP contribution is 2.34. The van der Waals surface area contributed by atoms with Crippen molar-refractivity contribution in [3.8, 4) is 0 Å². The van der Waals surface area contributed by atoms with Gasteiger partial charge in [-0.2, -0.15) is 0 Å². The molecule has 1 aliphatic rings. The van der Waals surface area contributed by atoms with E-state index in [-0.39, 0.29) is 25.1 Å². The quantitative estimate of drug-likeness (QED) is 0.892. The maximum atomic E-state index is 13.5. The van der Waals surface area contributed by atoms with E-state index >= 15 is 0 Å². The fourth-order valence-corrected chi connectivity index (χ4v) is 2.90. The predicted molar refractivity (Wildman–Crippen MR) is 78.9 cm³/mol. The molecule has 5 nitrogen and oxygen atoms in total. The van der Waals surface area contributed by atoms with E-state index in [1.807, 2.05) is 0 Å². The monoisotopic (exact) mass is 311 g/mol. The van der Waals surface area contributed by atoms with Crippen molar-refractivity contribution in [2.75, 3.05) is 19.8 Å². The second kappa shape index (κ2) is 7.56. The maximum Gasteiger partial charge on any atom is 0.410 e. The molecule has 1 fully saturated rings. The largest absolute Gasteiger partial charge is 0.450 e. The number of likely N-dealkylation sites (tertiary alicyclic amines) is 1. The summed E-state index contributed by atoms with van der Waals surface area (Å²) in [4.78, 5) is 13.7. The number of benzene rings is 1. The van der Waals surface area contributed by atoms with Gasteiger partial charge in [0.1, 0.15) is 5.82 Å². The average molecular weight is 311 g/mol. The van der Waals surface area contributed by atoms with Crippen molar-refractivity contribution in [2.45, 2.75) is 38.3 Å². The first-order valence-electron chi connectivity index (χ1n) is 7.57. The number of hydrogen-bond donors (Lipinski definition) is 2. The third-order valence-corrected chi connectivity index (χ3v) is 3.92. The molecule has 1 aliphatic heterocycles. The number of carbonyl (C=O) groups excluding carboxylic acids is 1. The van der Waals surface area contributed by atoms with Crippen LogP contribution >= 0.6 is 0 Å². The normalized spacial score (nSPS) is 21.7. The second-order valence-corrected chi connectivity index (χ2v) is 5.40. The summed E-state index contributed by atoms with van der Waals surface area (Å²) in [7, 11) is 0. The van der Waals surface area contributed by atoms with E-state index in [1.165, 1.54) is 12.1 Å². The lowest BCUT2D eigenvalue weighted by Crippen LogP contribution is -2.43. The van der Waals surface area contributed by atoms with Gasteiger partial charge < -0.3 is 19.8 Å². The van der Waals surface area contributed by atoms with Crippen LogP contribution in [0.2, 0.25) is 0 Å². The molecule has 0 bridgehead atoms. The number of hydrogen-bond acceptors (Lipinski definition) is 4. The lowest BCUT2D eigenvalue weighted by Gasteiger charge is -2.38. The minimum atomic E-state index is -0.511. The Morgan fingerprint density at radius 2 is 2.27 bits per heavy atom. The van der Waals surface area contributed by atoms with Crippen molar-refractivity contribution in [1.82, 2.24) is 4.90 Å². The van der Waals surface area contributed by atoms with Crippen molar-refractivity contribution < 1.29 is 24.1 Å². The van der Waals surface area contributed by atoms with Gasteiger partial charge in [-0.15, -0.1) is 0 Å². The molecule has 122 valence electrons. The minimum absolute atomic E-state index is 0.106. The van der Waals surface area contributed by atoms with Crippen LogP contribution in [0.15, 0.2) is 18.2 Å². The van der Waals surface area contributed by atoms with Crippen molar-refractivity contribution in [3.05, 3.63) is 35.1 Å². The molecular weight excluding hydrogens is 289 g/mol. The molecular formula is C16H22FNO4. The first kappa shape index (κ1) is 16.7. The van der Waals surface area contributed by atoms with Gasteiger partial charge in [-0.1, -0.05) is 6.07 Å². The maximum absolute atomic E-state index is 13.5. The Labute approximate surface area is 129 Å². The lowest BCUT2D eigenvalue weighted by molar-refractivity contribution is 0.0299. The zero-order valence-electron chi connectivity index (χ0n) is 12.7. The number of ether oxygens (including phenoxy) is 1. The summed E-state index contributed by atoms with van der Waals surface area (Å²) in [5.74, 6) is -0.383. The topological polar surface area (TPSA) is 70.0 Å². The van der Waals surface area contributed by atoms with Crippen LogP contribution in [0.4, 0.5) is 9.18 Å². The Bertz CT molecular complexity index is 523. The van der Waals surface area contributed by atoms with Gasteiger partial charge in [0.25, 0.3) is 0 Å². The molecule has 0 radical (unpaired) electrons. The van der Waals surface area contributed by atoms with Gasteiger partial charge in [-0.05, 0) is 49.4 Å². The predicted octanol–water partition coefficient (Wildman–Crippen LogP) is 2.01. The van der Waals surface area contributed by atoms with Crippen LogP contribution in [-0.4, -0.2) is 47.1 Å². The molecule has 0 aliphatic carbocycles. The summed E-state index contributed by atoms with van der Waals surface area (Å²) in [6.45, 7) is 2.30. The Hall–Kier alpha value is -1.66. The molecule has 0 spiro atoms. The molecule has 2 N–H and O–H groups in total. The van der Waals surface area contributed by atoms with E-state index in [9.17, 15) is 14.3 Å². The summed E-state index contributed by atoms with van der Waals surface area (Å²) in [5.41, 5.74) is 1.40. The van der Waals surface area contributed by atoms with Crippen molar-refractivity contribution in [2.24, 2.45) is 0 Å². The van der Waals surface area contributed by atoms with Gasteiger partial charge in [0.15, 0.2) is 0 Å². The Morgan fingerprint density at radius 1 is 1.50 bits per heavy atom. The zero-order valence-corrected chi connectivity index (χ0v) is 12.7. The highest BCUT2D eigenvalue weighted by atomic mass is 19.1. The van der Waals surface area contributed by atoms with Gasteiger partial charge in [0.05, 0.1) is 18.8 Å². The van der Waals surface area contributed by atoms with E-state index in [4.69, 9.17) is 9.84 Å². The number of piperidine rings is 1. The second-order valence-electron chi connectivity index (χ2n) is 5.40. The standard InChI is InChI=1S/C16H22FNO4/c1-2-22-16(21)18-7-5-13(20)10-15(18)14-4-3-12(17)9-11(14)6-8-19/h3-4,9,13,15,19-20H,2,5-8,10H2,1H3. The van der Waals surface area contributed by atoms with E-state index in [0.717, 1.165) is 5.56 Å². The zero-order chi connectivity index (χ0) is 16.1. The molecule has 2 atom stereocenters. The van der Waals surface area contributed by atoms with Gasteiger partial charge in [-0.25, -0.2) is 9.18 Å². The number of halogens is 1. The molecule has 2 rings (SSSR count).